The van der Waals surface area contributed by atoms with E-state index in [1.165, 1.54) is 0 Å². The maximum atomic E-state index is 4.18. The third-order valence-electron chi connectivity index (χ3n) is 1.45. The molecule has 1 heterocycles. The van der Waals surface area contributed by atoms with Gasteiger partial charge in [-0.05, 0) is 0 Å². The van der Waals surface area contributed by atoms with Crippen LogP contribution in [0.4, 0.5) is 0 Å². The average molecular weight is 214 g/mol. The van der Waals surface area contributed by atoms with Gasteiger partial charge >= 0.3 is 0 Å². The molecule has 0 fully saturated rings. The zero-order valence-electron chi connectivity index (χ0n) is 7.53. The summed E-state index contributed by atoms with van der Waals surface area (Å²) in [6.07, 6.45) is 1.94. The number of hydrogen-bond acceptors (Lipinski definition) is 4. The molecule has 0 radical (unpaired) electrons. The molecule has 2 nitrogen and oxygen atoms in total. The van der Waals surface area contributed by atoms with Gasteiger partial charge in [-0.2, -0.15) is 11.8 Å². The second-order valence-electron chi connectivity index (χ2n) is 2.52. The van der Waals surface area contributed by atoms with Gasteiger partial charge in [-0.3, -0.25) is 0 Å². The molecule has 0 bridgehead atoms. The molecular weight excluding hydrogens is 200 g/mol. The number of rotatable bonds is 7. The number of hydrogen-bond donors (Lipinski definition) is 1. The van der Waals surface area contributed by atoms with Crippen molar-refractivity contribution >= 4 is 23.1 Å². The lowest BCUT2D eigenvalue weighted by atomic mass is 10.5. The predicted octanol–water partition coefficient (Wildman–Crippen LogP) is 2.15. The number of thiazole rings is 1. The molecule has 1 aromatic heterocycles. The minimum atomic E-state index is 0.887. The largest absolute Gasteiger partial charge is 0.310 e. The summed E-state index contributed by atoms with van der Waals surface area (Å²) in [7, 11) is 0. The number of aromatic nitrogens is 1. The van der Waals surface area contributed by atoms with Crippen LogP contribution in [0.5, 0.6) is 0 Å². The Balaban J connectivity index is 1.93. The van der Waals surface area contributed by atoms with Crippen LogP contribution in [0.25, 0.3) is 0 Å². The van der Waals surface area contributed by atoms with Crippen LogP contribution in [0.15, 0.2) is 23.5 Å². The Morgan fingerprint density at radius 2 is 2.62 bits per heavy atom. The van der Waals surface area contributed by atoms with E-state index in [9.17, 15) is 0 Å². The SMILES string of the molecule is C=CCSCCNCc1cscn1. The van der Waals surface area contributed by atoms with Gasteiger partial charge in [0, 0.05) is 30.0 Å². The van der Waals surface area contributed by atoms with Gasteiger partial charge in [-0.15, -0.1) is 17.9 Å². The fourth-order valence-electron chi connectivity index (χ4n) is 0.852. The van der Waals surface area contributed by atoms with Crippen LogP contribution in [0.1, 0.15) is 5.69 Å². The first-order chi connectivity index (χ1) is 6.43. The van der Waals surface area contributed by atoms with E-state index in [0.717, 1.165) is 30.3 Å². The normalized spacial score (nSPS) is 10.2. The summed E-state index contributed by atoms with van der Waals surface area (Å²) in [5.41, 5.74) is 3.00. The predicted molar refractivity (Wildman–Crippen MR) is 61.3 cm³/mol. The van der Waals surface area contributed by atoms with E-state index in [1.807, 2.05) is 23.3 Å². The molecule has 0 atom stereocenters. The van der Waals surface area contributed by atoms with Crippen LogP contribution in [-0.4, -0.2) is 23.0 Å². The molecule has 0 amide bonds. The zero-order chi connectivity index (χ0) is 9.36. The van der Waals surface area contributed by atoms with E-state index >= 15 is 0 Å². The van der Waals surface area contributed by atoms with Crippen LogP contribution >= 0.6 is 23.1 Å². The molecular formula is C9H14N2S2. The molecule has 1 aromatic rings. The van der Waals surface area contributed by atoms with Crippen LogP contribution in [0.3, 0.4) is 0 Å². The highest BCUT2D eigenvalue weighted by Gasteiger charge is 1.92. The molecule has 1 rings (SSSR count). The fourth-order valence-corrected chi connectivity index (χ4v) is 2.03. The van der Waals surface area contributed by atoms with Crippen molar-refractivity contribution in [3.8, 4) is 0 Å². The summed E-state index contributed by atoms with van der Waals surface area (Å²) in [5.74, 6) is 2.18. The standard InChI is InChI=1S/C9H14N2S2/c1-2-4-12-5-3-10-6-9-7-13-8-11-9/h2,7-8,10H,1,3-6H2. The highest BCUT2D eigenvalue weighted by atomic mass is 32.2. The van der Waals surface area contributed by atoms with Crippen molar-refractivity contribution in [3.05, 3.63) is 29.2 Å². The summed E-state index contributed by atoms with van der Waals surface area (Å²) in [4.78, 5) is 4.18. The molecule has 0 aromatic carbocycles. The van der Waals surface area contributed by atoms with Crippen LogP contribution in [0.2, 0.25) is 0 Å². The molecule has 0 spiro atoms. The Labute approximate surface area is 87.5 Å². The zero-order valence-corrected chi connectivity index (χ0v) is 9.16. The molecule has 0 saturated heterocycles. The minimum Gasteiger partial charge on any atom is -0.310 e. The second-order valence-corrected chi connectivity index (χ2v) is 4.39. The number of nitrogens with one attached hydrogen (secondary N) is 1. The van der Waals surface area contributed by atoms with E-state index < -0.39 is 0 Å². The second kappa shape index (κ2) is 7.12. The Morgan fingerprint density at radius 3 is 3.31 bits per heavy atom. The molecule has 1 N–H and O–H groups in total. The van der Waals surface area contributed by atoms with Gasteiger partial charge in [0.2, 0.25) is 0 Å². The van der Waals surface area contributed by atoms with Crippen molar-refractivity contribution in [2.75, 3.05) is 18.1 Å². The average Bonchev–Trinajstić information content (AvgIpc) is 2.63. The Hall–Kier alpha value is -0.320. The van der Waals surface area contributed by atoms with Crippen molar-refractivity contribution in [3.63, 3.8) is 0 Å². The third kappa shape index (κ3) is 5.08. The molecule has 72 valence electrons. The summed E-state index contributed by atoms with van der Waals surface area (Å²) < 4.78 is 0. The minimum absolute atomic E-state index is 0.887. The first-order valence-corrected chi connectivity index (χ1v) is 6.29. The third-order valence-corrected chi connectivity index (χ3v) is 3.05. The van der Waals surface area contributed by atoms with Crippen molar-refractivity contribution in [1.82, 2.24) is 10.3 Å². The molecule has 0 aliphatic heterocycles. The van der Waals surface area contributed by atoms with E-state index in [4.69, 9.17) is 0 Å². The van der Waals surface area contributed by atoms with Crippen molar-refractivity contribution in [2.24, 2.45) is 0 Å². The lowest BCUT2D eigenvalue weighted by Gasteiger charge is -2.00. The van der Waals surface area contributed by atoms with Gasteiger partial charge in [0.1, 0.15) is 0 Å². The van der Waals surface area contributed by atoms with E-state index in [1.54, 1.807) is 11.3 Å². The molecule has 0 unspecified atom stereocenters. The van der Waals surface area contributed by atoms with Crippen LogP contribution in [0, 0.1) is 0 Å². The lowest BCUT2D eigenvalue weighted by Crippen LogP contribution is -2.16. The van der Waals surface area contributed by atoms with Gasteiger partial charge in [0.25, 0.3) is 0 Å². The first-order valence-electron chi connectivity index (χ1n) is 4.20. The molecule has 0 aliphatic carbocycles. The van der Waals surface area contributed by atoms with Crippen LogP contribution < -0.4 is 5.32 Å². The molecule has 13 heavy (non-hydrogen) atoms. The maximum Gasteiger partial charge on any atom is 0.0795 e. The monoisotopic (exact) mass is 214 g/mol. The Bertz CT molecular complexity index is 222. The van der Waals surface area contributed by atoms with E-state index in [2.05, 4.69) is 22.3 Å². The Kier molecular flexibility index (Phi) is 5.89. The highest BCUT2D eigenvalue weighted by Crippen LogP contribution is 2.00. The molecule has 4 heteroatoms. The number of nitrogens with zero attached hydrogens (tertiary/aromatic N) is 1. The van der Waals surface area contributed by atoms with E-state index in [0.29, 0.717) is 0 Å². The smallest absolute Gasteiger partial charge is 0.0795 e. The highest BCUT2D eigenvalue weighted by molar-refractivity contribution is 7.99. The summed E-state index contributed by atoms with van der Waals surface area (Å²) in [5, 5.41) is 5.41. The quantitative estimate of drug-likeness (QED) is 0.556. The summed E-state index contributed by atoms with van der Waals surface area (Å²) in [6.45, 7) is 5.59. The topological polar surface area (TPSA) is 24.9 Å². The maximum absolute atomic E-state index is 4.18. The fraction of sp³-hybridized carbons (Fsp3) is 0.444. The Morgan fingerprint density at radius 1 is 1.69 bits per heavy atom. The van der Waals surface area contributed by atoms with Gasteiger partial charge in [0.15, 0.2) is 0 Å². The first kappa shape index (κ1) is 10.8. The molecule has 0 saturated carbocycles. The lowest BCUT2D eigenvalue weighted by molar-refractivity contribution is 0.719. The summed E-state index contributed by atoms with van der Waals surface area (Å²) >= 11 is 3.53. The van der Waals surface area contributed by atoms with Crippen LogP contribution in [-0.2, 0) is 6.54 Å². The van der Waals surface area contributed by atoms with Crippen molar-refractivity contribution in [1.29, 1.82) is 0 Å². The number of thioether (sulfide) groups is 1. The van der Waals surface area contributed by atoms with Gasteiger partial charge in [-0.1, -0.05) is 6.08 Å². The van der Waals surface area contributed by atoms with Crippen molar-refractivity contribution < 1.29 is 0 Å². The van der Waals surface area contributed by atoms with Gasteiger partial charge < -0.3 is 5.32 Å². The summed E-state index contributed by atoms with van der Waals surface area (Å²) in [6, 6.07) is 0. The van der Waals surface area contributed by atoms with Gasteiger partial charge in [0.05, 0.1) is 11.2 Å². The molecule has 0 aliphatic rings. The van der Waals surface area contributed by atoms with Gasteiger partial charge in [-0.25, -0.2) is 4.98 Å². The van der Waals surface area contributed by atoms with E-state index in [-0.39, 0.29) is 0 Å². The van der Waals surface area contributed by atoms with Crippen molar-refractivity contribution in [2.45, 2.75) is 6.54 Å².